The molecule has 1 aromatic carbocycles. The normalized spacial score (nSPS) is 11.3. The summed E-state index contributed by atoms with van der Waals surface area (Å²) in [6.07, 6.45) is 1.77. The lowest BCUT2D eigenvalue weighted by atomic mass is 10.2. The zero-order valence-electron chi connectivity index (χ0n) is 12.0. The third-order valence-corrected chi connectivity index (χ3v) is 3.68. The maximum atomic E-state index is 10.9. The molecule has 2 N–H and O–H groups in total. The van der Waals surface area contributed by atoms with E-state index < -0.39 is 5.97 Å². The van der Waals surface area contributed by atoms with Crippen LogP contribution in [-0.2, 0) is 11.3 Å². The lowest BCUT2D eigenvalue weighted by Gasteiger charge is -2.23. The molecule has 0 saturated carbocycles. The Balaban J connectivity index is 2.14. The number of benzene rings is 1. The molecule has 6 heteroatoms. The van der Waals surface area contributed by atoms with E-state index in [4.69, 9.17) is 5.11 Å². The fourth-order valence-corrected chi connectivity index (χ4v) is 2.43. The minimum Gasteiger partial charge on any atom is -0.480 e. The molecule has 1 heterocycles. The Labute approximate surface area is 132 Å². The highest BCUT2D eigenvalue weighted by Crippen LogP contribution is 2.21. The number of carbonyl (C=O) groups is 1. The Morgan fingerprint density at radius 2 is 2.24 bits per heavy atom. The third-order valence-electron chi connectivity index (χ3n) is 3.19. The fraction of sp³-hybridized carbons (Fsp3) is 0.333. The van der Waals surface area contributed by atoms with Crippen LogP contribution in [-0.4, -0.2) is 38.5 Å². The summed E-state index contributed by atoms with van der Waals surface area (Å²) >= 11 is 3.44. The molecule has 0 radical (unpaired) electrons. The summed E-state index contributed by atoms with van der Waals surface area (Å²) in [5.74, 6) is -0.0672. The van der Waals surface area contributed by atoms with Gasteiger partial charge in [0.1, 0.15) is 5.82 Å². The molecule has 0 amide bonds. The third kappa shape index (κ3) is 4.41. The molecule has 0 aliphatic rings. The van der Waals surface area contributed by atoms with Crippen LogP contribution in [0.1, 0.15) is 19.7 Å². The number of hydrogen-bond donors (Lipinski definition) is 2. The van der Waals surface area contributed by atoms with Crippen LogP contribution in [0.3, 0.4) is 0 Å². The van der Waals surface area contributed by atoms with E-state index in [-0.39, 0.29) is 12.6 Å². The molecule has 5 nitrogen and oxygen atoms in total. The van der Waals surface area contributed by atoms with Gasteiger partial charge in [-0.1, -0.05) is 28.1 Å². The minimum absolute atomic E-state index is 0.00455. The number of nitrogens with one attached hydrogen (secondary N) is 1. The number of rotatable bonds is 6. The highest BCUT2D eigenvalue weighted by atomic mass is 79.9. The van der Waals surface area contributed by atoms with Gasteiger partial charge in [-0.15, -0.1) is 0 Å². The second-order valence-electron chi connectivity index (χ2n) is 5.15. The number of hydrogen-bond acceptors (Lipinski definition) is 3. The maximum absolute atomic E-state index is 10.9. The number of imidazole rings is 1. The molecule has 2 aromatic rings. The molecule has 1 aromatic heterocycles. The summed E-state index contributed by atoms with van der Waals surface area (Å²) < 4.78 is 1.01. The van der Waals surface area contributed by atoms with Crippen molar-refractivity contribution in [1.29, 1.82) is 0 Å². The Bertz CT molecular complexity index is 625. The van der Waals surface area contributed by atoms with E-state index in [0.29, 0.717) is 6.54 Å². The number of aromatic amines is 1. The van der Waals surface area contributed by atoms with Crippen LogP contribution in [0.15, 0.2) is 34.9 Å². The average Bonchev–Trinajstić information content (AvgIpc) is 2.86. The van der Waals surface area contributed by atoms with E-state index in [1.807, 2.05) is 43.0 Å². The van der Waals surface area contributed by atoms with Crippen LogP contribution in [0, 0.1) is 0 Å². The lowest BCUT2D eigenvalue weighted by molar-refractivity contribution is -0.139. The van der Waals surface area contributed by atoms with Crippen molar-refractivity contribution >= 4 is 21.9 Å². The smallest absolute Gasteiger partial charge is 0.317 e. The average molecular weight is 352 g/mol. The quantitative estimate of drug-likeness (QED) is 0.838. The Kier molecular flexibility index (Phi) is 5.14. The van der Waals surface area contributed by atoms with Gasteiger partial charge in [0.25, 0.3) is 0 Å². The van der Waals surface area contributed by atoms with E-state index in [1.54, 1.807) is 6.20 Å². The number of carboxylic acid groups (broad SMARTS) is 1. The topological polar surface area (TPSA) is 69.2 Å². The molecule has 21 heavy (non-hydrogen) atoms. The van der Waals surface area contributed by atoms with Gasteiger partial charge in [-0.05, 0) is 26.0 Å². The van der Waals surface area contributed by atoms with Gasteiger partial charge in [-0.2, -0.15) is 0 Å². The molecule has 0 saturated heterocycles. The molecule has 0 bridgehead atoms. The van der Waals surface area contributed by atoms with Crippen LogP contribution in [0.25, 0.3) is 11.3 Å². The van der Waals surface area contributed by atoms with Gasteiger partial charge in [-0.25, -0.2) is 4.98 Å². The van der Waals surface area contributed by atoms with Crippen LogP contribution in [0.5, 0.6) is 0 Å². The standard InChI is InChI=1S/C15H18BrN3O2/c1-10(2)19(9-15(20)21)8-14-17-7-13(18-14)11-4-3-5-12(16)6-11/h3-7,10H,8-9H2,1-2H3,(H,17,18)(H,20,21). The molecule has 0 unspecified atom stereocenters. The SMILES string of the molecule is CC(C)N(CC(=O)O)Cc1ncc(-c2cccc(Br)c2)[nH]1. The van der Waals surface area contributed by atoms with E-state index >= 15 is 0 Å². The van der Waals surface area contributed by atoms with Gasteiger partial charge < -0.3 is 10.1 Å². The van der Waals surface area contributed by atoms with Crippen molar-refractivity contribution in [2.24, 2.45) is 0 Å². The van der Waals surface area contributed by atoms with Crippen molar-refractivity contribution in [2.45, 2.75) is 26.4 Å². The zero-order valence-corrected chi connectivity index (χ0v) is 13.6. The van der Waals surface area contributed by atoms with Crippen molar-refractivity contribution in [3.05, 3.63) is 40.8 Å². The molecule has 112 valence electrons. The Morgan fingerprint density at radius 1 is 1.48 bits per heavy atom. The van der Waals surface area contributed by atoms with Crippen LogP contribution in [0.4, 0.5) is 0 Å². The van der Waals surface area contributed by atoms with Crippen molar-refractivity contribution in [2.75, 3.05) is 6.54 Å². The molecular weight excluding hydrogens is 334 g/mol. The summed E-state index contributed by atoms with van der Waals surface area (Å²) in [7, 11) is 0. The molecule has 0 fully saturated rings. The van der Waals surface area contributed by atoms with Gasteiger partial charge >= 0.3 is 5.97 Å². The Hall–Kier alpha value is -1.66. The van der Waals surface area contributed by atoms with Gasteiger partial charge in [0.2, 0.25) is 0 Å². The Morgan fingerprint density at radius 3 is 2.86 bits per heavy atom. The predicted molar refractivity (Wildman–Crippen MR) is 84.9 cm³/mol. The van der Waals surface area contributed by atoms with Crippen molar-refractivity contribution in [1.82, 2.24) is 14.9 Å². The number of halogens is 1. The summed E-state index contributed by atoms with van der Waals surface area (Å²) in [4.78, 5) is 20.3. The first-order valence-corrected chi connectivity index (χ1v) is 7.50. The monoisotopic (exact) mass is 351 g/mol. The molecule has 0 atom stereocenters. The lowest BCUT2D eigenvalue weighted by Crippen LogP contribution is -2.35. The summed E-state index contributed by atoms with van der Waals surface area (Å²) in [6, 6.07) is 8.08. The number of carboxylic acids is 1. The van der Waals surface area contributed by atoms with E-state index in [9.17, 15) is 4.79 Å². The van der Waals surface area contributed by atoms with Gasteiger partial charge in [0, 0.05) is 16.1 Å². The van der Waals surface area contributed by atoms with Gasteiger partial charge in [-0.3, -0.25) is 9.69 Å². The number of aliphatic carboxylic acids is 1. The van der Waals surface area contributed by atoms with Gasteiger partial charge in [0.05, 0.1) is 25.0 Å². The fourth-order valence-electron chi connectivity index (χ4n) is 2.03. The second-order valence-corrected chi connectivity index (χ2v) is 6.06. The van der Waals surface area contributed by atoms with E-state index in [2.05, 4.69) is 25.9 Å². The molecule has 0 aliphatic carbocycles. The van der Waals surface area contributed by atoms with Crippen molar-refractivity contribution in [3.63, 3.8) is 0 Å². The number of nitrogens with zero attached hydrogens (tertiary/aromatic N) is 2. The molecule has 0 aliphatic heterocycles. The highest BCUT2D eigenvalue weighted by molar-refractivity contribution is 9.10. The minimum atomic E-state index is -0.831. The van der Waals surface area contributed by atoms with Gasteiger partial charge in [0.15, 0.2) is 0 Å². The van der Waals surface area contributed by atoms with Crippen LogP contribution >= 0.6 is 15.9 Å². The van der Waals surface area contributed by atoms with Crippen LogP contribution < -0.4 is 0 Å². The second kappa shape index (κ2) is 6.87. The molecular formula is C15H18BrN3O2. The summed E-state index contributed by atoms with van der Waals surface area (Å²) in [5, 5.41) is 8.95. The maximum Gasteiger partial charge on any atom is 0.317 e. The van der Waals surface area contributed by atoms with E-state index in [1.165, 1.54) is 0 Å². The molecule has 2 rings (SSSR count). The highest BCUT2D eigenvalue weighted by Gasteiger charge is 2.15. The summed E-state index contributed by atoms with van der Waals surface area (Å²) in [5.41, 5.74) is 1.96. The first-order valence-electron chi connectivity index (χ1n) is 6.71. The first-order chi connectivity index (χ1) is 9.95. The first kappa shape index (κ1) is 15.7. The summed E-state index contributed by atoms with van der Waals surface area (Å²) in [6.45, 7) is 4.44. The largest absolute Gasteiger partial charge is 0.480 e. The van der Waals surface area contributed by atoms with Crippen LogP contribution in [0.2, 0.25) is 0 Å². The molecule has 0 spiro atoms. The van der Waals surface area contributed by atoms with Crippen molar-refractivity contribution < 1.29 is 9.90 Å². The number of aromatic nitrogens is 2. The predicted octanol–water partition coefficient (Wildman–Crippen LogP) is 3.13. The zero-order chi connectivity index (χ0) is 15.4. The number of H-pyrrole nitrogens is 1. The van der Waals surface area contributed by atoms with E-state index in [0.717, 1.165) is 21.6 Å². The van der Waals surface area contributed by atoms with Crippen molar-refractivity contribution in [3.8, 4) is 11.3 Å².